The third-order valence-electron chi connectivity index (χ3n) is 5.98. The van der Waals surface area contributed by atoms with Crippen LogP contribution in [-0.2, 0) is 21.4 Å². The van der Waals surface area contributed by atoms with Gasteiger partial charge in [-0.25, -0.2) is 8.42 Å². The number of sulfonamides is 1. The predicted octanol–water partition coefficient (Wildman–Crippen LogP) is 4.19. The number of carbonyl (C=O) groups is 1. The Morgan fingerprint density at radius 1 is 0.882 bits per heavy atom. The lowest BCUT2D eigenvalue weighted by Gasteiger charge is -2.36. The molecular weight excluding hydrogens is 470 g/mol. The second-order valence-corrected chi connectivity index (χ2v) is 10.7. The van der Waals surface area contributed by atoms with Crippen molar-refractivity contribution < 1.29 is 13.2 Å². The van der Waals surface area contributed by atoms with Gasteiger partial charge in [-0.2, -0.15) is 0 Å². The maximum atomic E-state index is 13.6. The molecule has 1 aliphatic heterocycles. The molecule has 1 saturated heterocycles. The molecule has 34 heavy (non-hydrogen) atoms. The Morgan fingerprint density at radius 3 is 2.15 bits per heavy atom. The normalized spacial score (nSPS) is 14.7. The largest absolute Gasteiger partial charge is 0.339 e. The number of hydrogen-bond acceptors (Lipinski definition) is 4. The molecule has 1 amide bonds. The Kier molecular flexibility index (Phi) is 7.56. The summed E-state index contributed by atoms with van der Waals surface area (Å²) in [6.45, 7) is 4.98. The number of anilines is 1. The van der Waals surface area contributed by atoms with Crippen LogP contribution in [0, 0.1) is 6.92 Å². The van der Waals surface area contributed by atoms with Gasteiger partial charge in [0.25, 0.3) is 10.0 Å². The minimum Gasteiger partial charge on any atom is -0.339 e. The molecule has 3 aromatic carbocycles. The smallest absolute Gasteiger partial charge is 0.264 e. The van der Waals surface area contributed by atoms with E-state index in [0.717, 1.165) is 29.5 Å². The van der Waals surface area contributed by atoms with Gasteiger partial charge in [-0.15, -0.1) is 0 Å². The van der Waals surface area contributed by atoms with E-state index in [2.05, 4.69) is 17.0 Å². The molecule has 0 atom stereocenters. The van der Waals surface area contributed by atoms with E-state index in [1.54, 1.807) is 53.4 Å². The Bertz CT molecular complexity index is 1230. The first kappa shape index (κ1) is 24.3. The number of rotatable bonds is 7. The minimum absolute atomic E-state index is 0.124. The summed E-state index contributed by atoms with van der Waals surface area (Å²) in [5.74, 6) is -0.241. The molecule has 0 spiro atoms. The zero-order valence-electron chi connectivity index (χ0n) is 19.1. The van der Waals surface area contributed by atoms with Crippen molar-refractivity contribution in [3.05, 3.63) is 95.0 Å². The lowest BCUT2D eigenvalue weighted by atomic mass is 10.2. The van der Waals surface area contributed by atoms with E-state index in [9.17, 15) is 13.2 Å². The Balaban J connectivity index is 1.50. The van der Waals surface area contributed by atoms with E-state index >= 15 is 0 Å². The molecular formula is C26H28ClN3O3S. The van der Waals surface area contributed by atoms with Gasteiger partial charge in [0, 0.05) is 32.7 Å². The number of nitrogens with zero attached hydrogens (tertiary/aromatic N) is 3. The quantitative estimate of drug-likeness (QED) is 0.491. The first-order chi connectivity index (χ1) is 16.3. The predicted molar refractivity (Wildman–Crippen MR) is 135 cm³/mol. The average molecular weight is 498 g/mol. The van der Waals surface area contributed by atoms with Crippen molar-refractivity contribution in [2.24, 2.45) is 0 Å². The van der Waals surface area contributed by atoms with E-state index in [1.165, 1.54) is 5.56 Å². The highest BCUT2D eigenvalue weighted by Crippen LogP contribution is 2.30. The second kappa shape index (κ2) is 10.6. The Morgan fingerprint density at radius 2 is 1.50 bits per heavy atom. The van der Waals surface area contributed by atoms with Gasteiger partial charge in [0.1, 0.15) is 6.54 Å². The molecule has 8 heteroatoms. The molecule has 3 aromatic rings. The van der Waals surface area contributed by atoms with Crippen LogP contribution < -0.4 is 4.31 Å². The van der Waals surface area contributed by atoms with Crippen LogP contribution in [0.1, 0.15) is 11.1 Å². The zero-order chi connectivity index (χ0) is 24.1. The van der Waals surface area contributed by atoms with Crippen molar-refractivity contribution in [1.29, 1.82) is 0 Å². The molecule has 178 valence electrons. The lowest BCUT2D eigenvalue weighted by Crippen LogP contribution is -2.51. The fraction of sp³-hybridized carbons (Fsp3) is 0.269. The molecule has 1 heterocycles. The topological polar surface area (TPSA) is 60.9 Å². The van der Waals surface area contributed by atoms with E-state index in [0.29, 0.717) is 18.8 Å². The van der Waals surface area contributed by atoms with Gasteiger partial charge in [0.15, 0.2) is 0 Å². The van der Waals surface area contributed by atoms with Crippen LogP contribution >= 0.6 is 11.6 Å². The third-order valence-corrected chi connectivity index (χ3v) is 8.08. The van der Waals surface area contributed by atoms with Crippen molar-refractivity contribution >= 4 is 33.2 Å². The molecule has 0 bridgehead atoms. The van der Waals surface area contributed by atoms with Gasteiger partial charge in [0.2, 0.25) is 5.91 Å². The highest BCUT2D eigenvalue weighted by molar-refractivity contribution is 7.92. The molecule has 4 rings (SSSR count). The van der Waals surface area contributed by atoms with E-state index in [-0.39, 0.29) is 22.4 Å². The van der Waals surface area contributed by atoms with Gasteiger partial charge in [-0.1, -0.05) is 71.8 Å². The molecule has 0 saturated carbocycles. The van der Waals surface area contributed by atoms with E-state index in [1.807, 2.05) is 25.1 Å². The van der Waals surface area contributed by atoms with Gasteiger partial charge in [-0.05, 0) is 36.8 Å². The average Bonchev–Trinajstić information content (AvgIpc) is 2.84. The number of hydrogen-bond donors (Lipinski definition) is 0. The number of carbonyl (C=O) groups excluding carboxylic acids is 1. The molecule has 0 radical (unpaired) electrons. The summed E-state index contributed by atoms with van der Waals surface area (Å²) in [4.78, 5) is 17.4. The van der Waals surface area contributed by atoms with Crippen LogP contribution in [0.5, 0.6) is 0 Å². The molecule has 0 aromatic heterocycles. The number of aryl methyl sites for hydroxylation is 1. The molecule has 0 aliphatic carbocycles. The summed E-state index contributed by atoms with van der Waals surface area (Å²) in [6.07, 6.45) is 0. The summed E-state index contributed by atoms with van der Waals surface area (Å²) in [7, 11) is -3.99. The van der Waals surface area contributed by atoms with Crippen LogP contribution in [0.25, 0.3) is 0 Å². The first-order valence-electron chi connectivity index (χ1n) is 11.2. The SMILES string of the molecule is Cc1ccc(S(=O)(=O)N(CC(=O)N2CCN(Cc3ccccc3)CC2)c2ccccc2Cl)cc1. The Hall–Kier alpha value is -2.87. The summed E-state index contributed by atoms with van der Waals surface area (Å²) in [5, 5.41) is 0.277. The summed E-state index contributed by atoms with van der Waals surface area (Å²) >= 11 is 6.37. The number of amides is 1. The zero-order valence-corrected chi connectivity index (χ0v) is 20.7. The monoisotopic (exact) mass is 497 g/mol. The van der Waals surface area contributed by atoms with Crippen LogP contribution in [0.15, 0.2) is 83.8 Å². The van der Waals surface area contributed by atoms with Crippen molar-refractivity contribution in [1.82, 2.24) is 9.80 Å². The van der Waals surface area contributed by atoms with Crippen LogP contribution in [0.3, 0.4) is 0 Å². The number of para-hydroxylation sites is 1. The number of halogens is 1. The maximum absolute atomic E-state index is 13.6. The summed E-state index contributed by atoms with van der Waals surface area (Å²) in [6, 6.07) is 23.5. The molecule has 1 fully saturated rings. The van der Waals surface area contributed by atoms with Gasteiger partial charge in [-0.3, -0.25) is 14.0 Å². The van der Waals surface area contributed by atoms with E-state index in [4.69, 9.17) is 11.6 Å². The molecule has 1 aliphatic rings. The summed E-state index contributed by atoms with van der Waals surface area (Å²) in [5.41, 5.74) is 2.48. The molecule has 0 N–H and O–H groups in total. The molecule has 0 unspecified atom stereocenters. The van der Waals surface area contributed by atoms with Gasteiger partial charge in [0.05, 0.1) is 15.6 Å². The van der Waals surface area contributed by atoms with Crippen molar-refractivity contribution in [3.63, 3.8) is 0 Å². The maximum Gasteiger partial charge on any atom is 0.264 e. The van der Waals surface area contributed by atoms with Crippen molar-refractivity contribution in [2.45, 2.75) is 18.4 Å². The van der Waals surface area contributed by atoms with Crippen molar-refractivity contribution in [3.8, 4) is 0 Å². The number of benzene rings is 3. The van der Waals surface area contributed by atoms with Crippen LogP contribution in [-0.4, -0.2) is 56.8 Å². The van der Waals surface area contributed by atoms with Gasteiger partial charge >= 0.3 is 0 Å². The fourth-order valence-electron chi connectivity index (χ4n) is 4.01. The lowest BCUT2D eigenvalue weighted by molar-refractivity contribution is -0.131. The number of piperazine rings is 1. The van der Waals surface area contributed by atoms with E-state index < -0.39 is 10.0 Å². The second-order valence-electron chi connectivity index (χ2n) is 8.42. The highest BCUT2D eigenvalue weighted by atomic mass is 35.5. The van der Waals surface area contributed by atoms with Gasteiger partial charge < -0.3 is 4.90 Å². The fourth-order valence-corrected chi connectivity index (χ4v) is 5.73. The summed E-state index contributed by atoms with van der Waals surface area (Å²) < 4.78 is 28.2. The highest BCUT2D eigenvalue weighted by Gasteiger charge is 2.31. The van der Waals surface area contributed by atoms with Crippen LogP contribution in [0.4, 0.5) is 5.69 Å². The van der Waals surface area contributed by atoms with Crippen molar-refractivity contribution in [2.75, 3.05) is 37.0 Å². The third kappa shape index (κ3) is 5.60. The van der Waals surface area contributed by atoms with Crippen LogP contribution in [0.2, 0.25) is 5.02 Å². The molecule has 6 nitrogen and oxygen atoms in total. The standard InChI is InChI=1S/C26H28ClN3O3S/c1-21-11-13-23(14-12-21)34(32,33)30(25-10-6-5-9-24(25)27)20-26(31)29-17-15-28(16-18-29)19-22-7-3-2-4-8-22/h2-14H,15-20H2,1H3. The Labute approximate surface area is 206 Å². The minimum atomic E-state index is -3.99. The first-order valence-corrected chi connectivity index (χ1v) is 13.0.